The van der Waals surface area contributed by atoms with Gasteiger partial charge in [0, 0.05) is 31.4 Å². The van der Waals surface area contributed by atoms with E-state index in [1.807, 2.05) is 0 Å². The van der Waals surface area contributed by atoms with Crippen molar-refractivity contribution in [3.05, 3.63) is 57.6 Å². The van der Waals surface area contributed by atoms with Crippen molar-refractivity contribution in [2.24, 2.45) is 5.73 Å². The highest BCUT2D eigenvalue weighted by molar-refractivity contribution is 5.98. The van der Waals surface area contributed by atoms with Crippen molar-refractivity contribution in [2.75, 3.05) is 30.8 Å². The lowest BCUT2D eigenvalue weighted by Gasteiger charge is -2.39. The average molecular weight is 434 g/mol. The van der Waals surface area contributed by atoms with Crippen molar-refractivity contribution in [3.63, 3.8) is 0 Å². The first-order chi connectivity index (χ1) is 14.6. The molecule has 4 rings (SSSR count). The number of nitrogens with two attached hydrogens (primary N) is 2. The van der Waals surface area contributed by atoms with Crippen molar-refractivity contribution in [1.29, 1.82) is 0 Å². The Morgan fingerprint density at radius 2 is 1.84 bits per heavy atom. The summed E-state index contributed by atoms with van der Waals surface area (Å²) >= 11 is 0. The summed E-state index contributed by atoms with van der Waals surface area (Å²) in [7, 11) is 1.23. The monoisotopic (exact) mass is 434 g/mol. The van der Waals surface area contributed by atoms with Gasteiger partial charge in [-0.15, -0.1) is 0 Å². The van der Waals surface area contributed by atoms with Crippen molar-refractivity contribution in [1.82, 2.24) is 4.57 Å². The number of carbonyl (C=O) groups is 1. The second-order valence-corrected chi connectivity index (χ2v) is 7.17. The van der Waals surface area contributed by atoms with Crippen LogP contribution in [0.2, 0.25) is 0 Å². The van der Waals surface area contributed by atoms with E-state index in [1.165, 1.54) is 7.11 Å². The van der Waals surface area contributed by atoms with Crippen LogP contribution in [0.5, 0.6) is 5.75 Å². The molecule has 0 spiro atoms. The molecule has 1 aromatic heterocycles. The number of anilines is 2. The van der Waals surface area contributed by atoms with Crippen LogP contribution in [0.1, 0.15) is 10.4 Å². The highest BCUT2D eigenvalue weighted by Crippen LogP contribution is 2.41. The van der Waals surface area contributed by atoms with Gasteiger partial charge in [-0.1, -0.05) is 0 Å². The van der Waals surface area contributed by atoms with E-state index in [9.17, 15) is 23.5 Å². The quantitative estimate of drug-likeness (QED) is 0.536. The summed E-state index contributed by atoms with van der Waals surface area (Å²) in [5, 5.41) is 9.08. The third kappa shape index (κ3) is 3.13. The Kier molecular flexibility index (Phi) is 4.77. The number of aromatic nitrogens is 1. The Morgan fingerprint density at radius 1 is 1.16 bits per heavy atom. The number of methoxy groups -OCH3 is 1. The average Bonchev–Trinajstić information content (AvgIpc) is 2.68. The molecule has 0 bridgehead atoms. The summed E-state index contributed by atoms with van der Waals surface area (Å²) < 4.78 is 49.8. The third-order valence-electron chi connectivity index (χ3n) is 5.16. The van der Waals surface area contributed by atoms with Gasteiger partial charge in [0.15, 0.2) is 11.6 Å². The van der Waals surface area contributed by atoms with E-state index in [1.54, 1.807) is 4.90 Å². The minimum absolute atomic E-state index is 0.0107. The van der Waals surface area contributed by atoms with Crippen LogP contribution in [-0.2, 0) is 0 Å². The Morgan fingerprint density at radius 3 is 2.42 bits per heavy atom. The number of hydrogen-bond donors (Lipinski definition) is 3. The second-order valence-electron chi connectivity index (χ2n) is 7.17. The fraction of sp³-hybridized carbons (Fsp3) is 0.200. The van der Waals surface area contributed by atoms with Gasteiger partial charge in [-0.3, -0.25) is 4.79 Å². The lowest BCUT2D eigenvalue weighted by atomic mass is 10.0. The fourth-order valence-electron chi connectivity index (χ4n) is 3.68. The first-order valence-electron chi connectivity index (χ1n) is 9.08. The standard InChI is InChI=1S/C20H17F3N4O4/c1-31-19-16-9(2-13(23)17(19)26-5-8(24)6-26)18(28)10(20(29)30)7-27(16)15-4-14(25)11(21)3-12(15)22/h2-4,7-8H,5-6,24-25H2,1H3,(H,29,30). The highest BCUT2D eigenvalue weighted by Gasteiger charge is 2.32. The Balaban J connectivity index is 2.17. The summed E-state index contributed by atoms with van der Waals surface area (Å²) in [6.45, 7) is 0.627. The zero-order valence-electron chi connectivity index (χ0n) is 16.2. The van der Waals surface area contributed by atoms with Crippen LogP contribution in [0.15, 0.2) is 29.2 Å². The topological polar surface area (TPSA) is 124 Å². The van der Waals surface area contributed by atoms with Gasteiger partial charge in [0.25, 0.3) is 0 Å². The van der Waals surface area contributed by atoms with Crippen molar-refractivity contribution in [2.45, 2.75) is 6.04 Å². The summed E-state index contributed by atoms with van der Waals surface area (Å²) in [6, 6.07) is 2.15. The SMILES string of the molecule is COc1c(N2CC(N)C2)c(F)cc2c(=O)c(C(=O)O)cn(-c3cc(N)c(F)cc3F)c12. The Labute approximate surface area is 173 Å². The fourth-order valence-corrected chi connectivity index (χ4v) is 3.68. The van der Waals surface area contributed by atoms with Crippen LogP contribution >= 0.6 is 0 Å². The molecule has 0 radical (unpaired) electrons. The second kappa shape index (κ2) is 7.20. The Bertz CT molecular complexity index is 1300. The summed E-state index contributed by atoms with van der Waals surface area (Å²) in [6.07, 6.45) is 0.870. The van der Waals surface area contributed by atoms with Crippen molar-refractivity contribution < 1.29 is 27.8 Å². The number of benzene rings is 2. The van der Waals surface area contributed by atoms with Gasteiger partial charge in [-0.05, 0) is 12.1 Å². The number of halogens is 3. The molecule has 11 heteroatoms. The number of aromatic carboxylic acids is 1. The zero-order valence-corrected chi connectivity index (χ0v) is 16.2. The lowest BCUT2D eigenvalue weighted by Crippen LogP contribution is -2.56. The molecule has 0 atom stereocenters. The van der Waals surface area contributed by atoms with Crippen molar-refractivity contribution >= 4 is 28.2 Å². The van der Waals surface area contributed by atoms with E-state index in [0.29, 0.717) is 19.2 Å². The van der Waals surface area contributed by atoms with Gasteiger partial charge in [0.1, 0.15) is 28.4 Å². The molecule has 1 aliphatic rings. The van der Waals surface area contributed by atoms with E-state index < -0.39 is 40.1 Å². The molecule has 0 unspecified atom stereocenters. The predicted octanol–water partition coefficient (Wildman–Crippen LogP) is 1.84. The van der Waals surface area contributed by atoms with E-state index >= 15 is 4.39 Å². The largest absolute Gasteiger partial charge is 0.492 e. The number of nitrogen functional groups attached to an aromatic ring is 1. The number of fused-ring (bicyclic) bond motifs is 1. The number of rotatable bonds is 4. The van der Waals surface area contributed by atoms with Gasteiger partial charge in [-0.2, -0.15) is 0 Å². The molecular weight excluding hydrogens is 417 g/mol. The molecule has 0 saturated carbocycles. The number of carboxylic acids is 1. The molecule has 1 fully saturated rings. The number of nitrogens with zero attached hydrogens (tertiary/aromatic N) is 2. The molecule has 3 aromatic rings. The van der Waals surface area contributed by atoms with Crippen LogP contribution in [0.4, 0.5) is 24.5 Å². The molecular formula is C20H17F3N4O4. The third-order valence-corrected chi connectivity index (χ3v) is 5.16. The molecule has 8 nitrogen and oxygen atoms in total. The summed E-state index contributed by atoms with van der Waals surface area (Å²) in [5.41, 5.74) is 8.77. The van der Waals surface area contributed by atoms with Gasteiger partial charge in [0.2, 0.25) is 5.43 Å². The van der Waals surface area contributed by atoms with Crippen LogP contribution in [-0.4, -0.2) is 41.9 Å². The predicted molar refractivity (Wildman–Crippen MR) is 108 cm³/mol. The lowest BCUT2D eigenvalue weighted by molar-refractivity contribution is 0.0695. The first-order valence-corrected chi connectivity index (χ1v) is 9.08. The number of carboxylic acid groups (broad SMARTS) is 1. The molecule has 5 N–H and O–H groups in total. The van der Waals surface area contributed by atoms with Gasteiger partial charge in [0.05, 0.1) is 23.9 Å². The minimum atomic E-state index is -1.60. The van der Waals surface area contributed by atoms with Gasteiger partial charge in [-0.25, -0.2) is 18.0 Å². The molecule has 162 valence electrons. The molecule has 31 heavy (non-hydrogen) atoms. The summed E-state index contributed by atoms with van der Waals surface area (Å²) in [5.74, 6) is -4.65. The van der Waals surface area contributed by atoms with E-state index in [-0.39, 0.29) is 34.1 Å². The minimum Gasteiger partial charge on any atom is -0.492 e. The van der Waals surface area contributed by atoms with Crippen LogP contribution in [0.25, 0.3) is 16.6 Å². The maximum Gasteiger partial charge on any atom is 0.341 e. The van der Waals surface area contributed by atoms with Crippen LogP contribution in [0.3, 0.4) is 0 Å². The molecule has 1 saturated heterocycles. The number of ether oxygens (including phenoxy) is 1. The van der Waals surface area contributed by atoms with Gasteiger partial charge < -0.3 is 30.8 Å². The summed E-state index contributed by atoms with van der Waals surface area (Å²) in [4.78, 5) is 26.0. The van der Waals surface area contributed by atoms with E-state index in [0.717, 1.165) is 22.9 Å². The molecule has 2 aromatic carbocycles. The maximum atomic E-state index is 15.0. The van der Waals surface area contributed by atoms with E-state index in [2.05, 4.69) is 0 Å². The van der Waals surface area contributed by atoms with Gasteiger partial charge >= 0.3 is 5.97 Å². The first kappa shape index (κ1) is 20.5. The molecule has 2 heterocycles. The Hall–Kier alpha value is -3.73. The zero-order chi connectivity index (χ0) is 22.6. The van der Waals surface area contributed by atoms with Crippen molar-refractivity contribution in [3.8, 4) is 11.4 Å². The van der Waals surface area contributed by atoms with E-state index in [4.69, 9.17) is 16.2 Å². The number of hydrogen-bond acceptors (Lipinski definition) is 6. The van der Waals surface area contributed by atoms with Crippen LogP contribution in [0, 0.1) is 17.5 Å². The molecule has 0 amide bonds. The molecule has 1 aliphatic heterocycles. The maximum absolute atomic E-state index is 15.0. The normalized spacial score (nSPS) is 14.0. The van der Waals surface area contributed by atoms with Crippen LogP contribution < -0.4 is 26.5 Å². The number of pyridine rings is 1. The smallest absolute Gasteiger partial charge is 0.341 e. The highest BCUT2D eigenvalue weighted by atomic mass is 19.1. The molecule has 0 aliphatic carbocycles.